The number of hydrogen-bond donors (Lipinski definition) is 1. The lowest BCUT2D eigenvalue weighted by Crippen LogP contribution is -2.30. The predicted octanol–water partition coefficient (Wildman–Crippen LogP) is 1.35. The van der Waals surface area contributed by atoms with E-state index in [1.807, 2.05) is 0 Å². The molecular weight excluding hydrogens is 209 g/mol. The summed E-state index contributed by atoms with van der Waals surface area (Å²) in [6.07, 6.45) is 5.12. The third kappa shape index (κ3) is 3.71. The normalized spacial score (nSPS) is 10.1. The van der Waals surface area contributed by atoms with Gasteiger partial charge in [-0.25, -0.2) is 4.39 Å². The highest BCUT2D eigenvalue weighted by Gasteiger charge is 2.11. The van der Waals surface area contributed by atoms with E-state index >= 15 is 0 Å². The second kappa shape index (κ2) is 5.89. The zero-order chi connectivity index (χ0) is 12.0. The zero-order valence-corrected chi connectivity index (χ0v) is 8.69. The van der Waals surface area contributed by atoms with Crippen molar-refractivity contribution in [2.24, 2.45) is 0 Å². The molecule has 0 saturated carbocycles. The van der Waals surface area contributed by atoms with E-state index in [4.69, 9.17) is 11.5 Å². The molecule has 1 aromatic rings. The van der Waals surface area contributed by atoms with E-state index < -0.39 is 5.97 Å². The average molecular weight is 221 g/mol. The minimum absolute atomic E-state index is 0.181. The van der Waals surface area contributed by atoms with Crippen LogP contribution in [0.15, 0.2) is 24.3 Å². The maximum atomic E-state index is 13.3. The molecule has 1 N–H and O–H groups in total. The molecule has 1 aromatic carbocycles. The average Bonchev–Trinajstić information content (AvgIpc) is 2.21. The molecule has 3 nitrogen and oxygen atoms in total. The highest BCUT2D eigenvalue weighted by Crippen LogP contribution is 2.09. The first kappa shape index (κ1) is 12.2. The Labute approximate surface area is 93.5 Å². The van der Waals surface area contributed by atoms with Gasteiger partial charge in [0.05, 0.1) is 13.1 Å². The van der Waals surface area contributed by atoms with Crippen LogP contribution in [0.25, 0.3) is 0 Å². The molecule has 0 atom stereocenters. The molecule has 4 heteroatoms. The Morgan fingerprint density at radius 1 is 1.50 bits per heavy atom. The van der Waals surface area contributed by atoms with Gasteiger partial charge in [-0.3, -0.25) is 9.69 Å². The summed E-state index contributed by atoms with van der Waals surface area (Å²) >= 11 is 0. The molecule has 0 heterocycles. The van der Waals surface area contributed by atoms with Crippen LogP contribution in [-0.4, -0.2) is 29.1 Å². The van der Waals surface area contributed by atoms with E-state index in [9.17, 15) is 9.18 Å². The van der Waals surface area contributed by atoms with Gasteiger partial charge >= 0.3 is 5.97 Å². The second-order valence-electron chi connectivity index (χ2n) is 3.33. The Balaban J connectivity index is 2.72. The third-order valence-electron chi connectivity index (χ3n) is 2.03. The maximum absolute atomic E-state index is 13.3. The van der Waals surface area contributed by atoms with Gasteiger partial charge in [0.1, 0.15) is 5.82 Å². The lowest BCUT2D eigenvalue weighted by atomic mass is 10.2. The first-order valence-corrected chi connectivity index (χ1v) is 4.74. The molecule has 0 aromatic heterocycles. The molecule has 1 rings (SSSR count). The van der Waals surface area contributed by atoms with Gasteiger partial charge in [0.2, 0.25) is 0 Å². The maximum Gasteiger partial charge on any atom is 0.317 e. The monoisotopic (exact) mass is 221 g/mol. The standard InChI is InChI=1S/C12H12FNO2/c1-2-7-14(9-12(15)16)8-10-5-3-4-6-11(10)13/h1,3-6H,7-9H2,(H,15,16). The van der Waals surface area contributed by atoms with Gasteiger partial charge in [0.15, 0.2) is 0 Å². The van der Waals surface area contributed by atoms with Crippen LogP contribution in [0, 0.1) is 18.2 Å². The van der Waals surface area contributed by atoms with Gasteiger partial charge in [-0.1, -0.05) is 24.1 Å². The summed E-state index contributed by atoms with van der Waals surface area (Å²) < 4.78 is 13.3. The van der Waals surface area contributed by atoms with Crippen molar-refractivity contribution < 1.29 is 14.3 Å². The van der Waals surface area contributed by atoms with Crippen LogP contribution in [0.2, 0.25) is 0 Å². The summed E-state index contributed by atoms with van der Waals surface area (Å²) in [5.74, 6) is 1.02. The number of aliphatic carboxylic acids is 1. The molecule has 0 amide bonds. The molecule has 0 fully saturated rings. The van der Waals surface area contributed by atoms with E-state index in [1.54, 1.807) is 18.2 Å². The SMILES string of the molecule is C#CCN(CC(=O)O)Cc1ccccc1F. The van der Waals surface area contributed by atoms with E-state index in [2.05, 4.69) is 5.92 Å². The molecule has 0 unspecified atom stereocenters. The largest absolute Gasteiger partial charge is 0.480 e. The van der Waals surface area contributed by atoms with Crippen LogP contribution >= 0.6 is 0 Å². The smallest absolute Gasteiger partial charge is 0.317 e. The summed E-state index contributed by atoms with van der Waals surface area (Å²) in [5, 5.41) is 8.65. The van der Waals surface area contributed by atoms with Gasteiger partial charge in [-0.2, -0.15) is 0 Å². The molecule has 0 saturated heterocycles. The molecule has 0 bridgehead atoms. The van der Waals surface area contributed by atoms with Gasteiger partial charge in [0, 0.05) is 12.1 Å². The van der Waals surface area contributed by atoms with Crippen molar-refractivity contribution in [1.82, 2.24) is 4.90 Å². The van der Waals surface area contributed by atoms with Crippen molar-refractivity contribution in [3.8, 4) is 12.3 Å². The van der Waals surface area contributed by atoms with Crippen molar-refractivity contribution in [3.63, 3.8) is 0 Å². The molecule has 0 radical (unpaired) electrons. The van der Waals surface area contributed by atoms with Crippen LogP contribution < -0.4 is 0 Å². The van der Waals surface area contributed by atoms with E-state index in [1.165, 1.54) is 11.0 Å². The van der Waals surface area contributed by atoms with Crippen LogP contribution in [0.3, 0.4) is 0 Å². The van der Waals surface area contributed by atoms with Crippen molar-refractivity contribution >= 4 is 5.97 Å². The molecule has 0 aliphatic rings. The number of rotatable bonds is 5. The molecule has 84 valence electrons. The van der Waals surface area contributed by atoms with Crippen molar-refractivity contribution in [1.29, 1.82) is 0 Å². The lowest BCUT2D eigenvalue weighted by molar-refractivity contribution is -0.138. The Morgan fingerprint density at radius 2 is 2.19 bits per heavy atom. The van der Waals surface area contributed by atoms with Crippen molar-refractivity contribution in [2.45, 2.75) is 6.54 Å². The quantitative estimate of drug-likeness (QED) is 0.763. The van der Waals surface area contributed by atoms with Gasteiger partial charge < -0.3 is 5.11 Å². The number of carboxylic acids is 1. The first-order valence-electron chi connectivity index (χ1n) is 4.74. The van der Waals surface area contributed by atoms with Crippen LogP contribution in [0.1, 0.15) is 5.56 Å². The number of benzene rings is 1. The minimum atomic E-state index is -0.980. The highest BCUT2D eigenvalue weighted by molar-refractivity contribution is 5.69. The highest BCUT2D eigenvalue weighted by atomic mass is 19.1. The van der Waals surface area contributed by atoms with Crippen LogP contribution in [-0.2, 0) is 11.3 Å². The fraction of sp³-hybridized carbons (Fsp3) is 0.250. The van der Waals surface area contributed by atoms with E-state index in [0.717, 1.165) is 0 Å². The summed E-state index contributed by atoms with van der Waals surface area (Å²) in [7, 11) is 0. The summed E-state index contributed by atoms with van der Waals surface area (Å²) in [6.45, 7) is 0.183. The first-order chi connectivity index (χ1) is 7.63. The number of carbonyl (C=O) groups is 1. The van der Waals surface area contributed by atoms with Gasteiger partial charge in [0.25, 0.3) is 0 Å². The third-order valence-corrected chi connectivity index (χ3v) is 2.03. The lowest BCUT2D eigenvalue weighted by Gasteiger charge is -2.17. The fourth-order valence-electron chi connectivity index (χ4n) is 1.36. The van der Waals surface area contributed by atoms with Crippen LogP contribution in [0.4, 0.5) is 4.39 Å². The number of halogens is 1. The Hall–Kier alpha value is -1.86. The van der Waals surface area contributed by atoms with Crippen LogP contribution in [0.5, 0.6) is 0 Å². The molecule has 0 aliphatic heterocycles. The Kier molecular flexibility index (Phi) is 4.49. The number of carboxylic acid groups (broad SMARTS) is 1. The predicted molar refractivity (Wildman–Crippen MR) is 58.1 cm³/mol. The Bertz CT molecular complexity index is 412. The molecular formula is C12H12FNO2. The van der Waals surface area contributed by atoms with E-state index in [0.29, 0.717) is 5.56 Å². The van der Waals surface area contributed by atoms with Crippen molar-refractivity contribution in [2.75, 3.05) is 13.1 Å². The summed E-state index contributed by atoms with van der Waals surface area (Å²) in [5.41, 5.74) is 0.444. The molecule has 0 aliphatic carbocycles. The number of hydrogen-bond acceptors (Lipinski definition) is 2. The summed E-state index contributed by atoms with van der Waals surface area (Å²) in [6, 6.07) is 6.24. The van der Waals surface area contributed by atoms with Crippen molar-refractivity contribution in [3.05, 3.63) is 35.6 Å². The second-order valence-corrected chi connectivity index (χ2v) is 3.33. The Morgan fingerprint density at radius 3 is 2.75 bits per heavy atom. The molecule has 16 heavy (non-hydrogen) atoms. The van der Waals surface area contributed by atoms with Gasteiger partial charge in [-0.05, 0) is 6.07 Å². The zero-order valence-electron chi connectivity index (χ0n) is 8.69. The van der Waals surface area contributed by atoms with Gasteiger partial charge in [-0.15, -0.1) is 6.42 Å². The number of terminal acetylenes is 1. The van der Waals surface area contributed by atoms with E-state index in [-0.39, 0.29) is 25.5 Å². The minimum Gasteiger partial charge on any atom is -0.480 e. The number of nitrogens with zero attached hydrogens (tertiary/aromatic N) is 1. The fourth-order valence-corrected chi connectivity index (χ4v) is 1.36. The summed E-state index contributed by atoms with van der Waals surface area (Å²) in [4.78, 5) is 12.0. The topological polar surface area (TPSA) is 40.5 Å². The molecule has 0 spiro atoms.